The van der Waals surface area contributed by atoms with Crippen molar-refractivity contribution in [2.24, 2.45) is 0 Å². The smallest absolute Gasteiger partial charge is 0.305 e. The number of hydrogen-bond donors (Lipinski definition) is 2. The van der Waals surface area contributed by atoms with Crippen LogP contribution in [0.15, 0.2) is 97.1 Å². The van der Waals surface area contributed by atoms with Crippen LogP contribution in [0.25, 0.3) is 11.1 Å². The third-order valence-corrected chi connectivity index (χ3v) is 6.80. The zero-order valence-electron chi connectivity index (χ0n) is 23.4. The van der Waals surface area contributed by atoms with Crippen LogP contribution in [-0.2, 0) is 17.8 Å². The molecule has 42 heavy (non-hydrogen) atoms. The van der Waals surface area contributed by atoms with Crippen molar-refractivity contribution in [1.29, 1.82) is 0 Å². The lowest BCUT2D eigenvalue weighted by atomic mass is 9.94. The topological polar surface area (TPSA) is 95.9 Å². The summed E-state index contributed by atoms with van der Waals surface area (Å²) in [6.07, 6.45) is 0.321. The lowest BCUT2D eigenvalue weighted by Crippen LogP contribution is -2.35. The van der Waals surface area contributed by atoms with Crippen LogP contribution >= 0.6 is 0 Å². The molecular weight excluding hydrogens is 535 g/mol. The zero-order chi connectivity index (χ0) is 29.9. The number of hydrogen-bond acceptors (Lipinski definition) is 4. The molecule has 7 nitrogen and oxygen atoms in total. The van der Waals surface area contributed by atoms with Gasteiger partial charge in [0.1, 0.15) is 11.6 Å². The van der Waals surface area contributed by atoms with Gasteiger partial charge in [-0.3, -0.25) is 14.4 Å². The molecule has 2 amide bonds. The van der Waals surface area contributed by atoms with Crippen molar-refractivity contribution in [1.82, 2.24) is 10.2 Å². The molecule has 216 valence electrons. The number of nitrogens with zero attached hydrogens (tertiary/aromatic N) is 1. The van der Waals surface area contributed by atoms with Crippen LogP contribution in [0.1, 0.15) is 45.2 Å². The standard InChI is InChI=1S/C34H33FN2O5/c1-2-42-26-17-15-24(16-18-26)19-21-37(22-20-32(38)39)34(41)30-13-7-5-11-28(30)27-10-4-6-12-29(27)33(40)36-23-25-9-3-8-14-31(25)35/h3-18H,2,19-23H2,1H3,(H,36,40)(H,38,39). The van der Waals surface area contributed by atoms with Gasteiger partial charge in [-0.15, -0.1) is 0 Å². The number of ether oxygens (including phenoxy) is 1. The maximum atomic E-state index is 14.1. The number of carboxylic acids is 1. The van der Waals surface area contributed by atoms with Crippen LogP contribution in [0, 0.1) is 5.82 Å². The molecule has 0 saturated carbocycles. The van der Waals surface area contributed by atoms with Gasteiger partial charge in [0.2, 0.25) is 0 Å². The first-order valence-corrected chi connectivity index (χ1v) is 13.8. The first kappa shape index (κ1) is 30.0. The fraction of sp³-hybridized carbons (Fsp3) is 0.206. The van der Waals surface area contributed by atoms with Gasteiger partial charge in [0, 0.05) is 36.3 Å². The summed E-state index contributed by atoms with van der Waals surface area (Å²) in [4.78, 5) is 40.1. The Morgan fingerprint density at radius 2 is 1.43 bits per heavy atom. The summed E-state index contributed by atoms with van der Waals surface area (Å²) >= 11 is 0. The van der Waals surface area contributed by atoms with Crippen molar-refractivity contribution in [2.45, 2.75) is 26.3 Å². The van der Waals surface area contributed by atoms with E-state index in [0.717, 1.165) is 11.3 Å². The lowest BCUT2D eigenvalue weighted by Gasteiger charge is -2.24. The molecule has 0 fully saturated rings. The van der Waals surface area contributed by atoms with E-state index in [-0.39, 0.29) is 25.4 Å². The minimum Gasteiger partial charge on any atom is -0.494 e. The Labute approximate surface area is 244 Å². The van der Waals surface area contributed by atoms with Crippen LogP contribution in [0.5, 0.6) is 5.75 Å². The van der Waals surface area contributed by atoms with Gasteiger partial charge in [0.05, 0.1) is 13.0 Å². The first-order chi connectivity index (χ1) is 20.4. The van der Waals surface area contributed by atoms with Crippen LogP contribution in [0.4, 0.5) is 4.39 Å². The minimum absolute atomic E-state index is 0.00886. The van der Waals surface area contributed by atoms with Crippen molar-refractivity contribution in [3.05, 3.63) is 125 Å². The fourth-order valence-corrected chi connectivity index (χ4v) is 4.63. The Kier molecular flexibility index (Phi) is 10.4. The van der Waals surface area contributed by atoms with Gasteiger partial charge in [-0.2, -0.15) is 0 Å². The summed E-state index contributed by atoms with van der Waals surface area (Å²) in [6, 6.07) is 27.7. The third kappa shape index (κ3) is 7.81. The molecule has 0 saturated heterocycles. The summed E-state index contributed by atoms with van der Waals surface area (Å²) in [7, 11) is 0. The number of carboxylic acid groups (broad SMARTS) is 1. The highest BCUT2D eigenvalue weighted by atomic mass is 19.1. The zero-order valence-corrected chi connectivity index (χ0v) is 23.4. The molecule has 0 radical (unpaired) electrons. The molecular formula is C34H33FN2O5. The van der Waals surface area contributed by atoms with E-state index in [9.17, 15) is 23.9 Å². The van der Waals surface area contributed by atoms with E-state index in [1.54, 1.807) is 66.7 Å². The molecule has 0 aliphatic carbocycles. The molecule has 0 aliphatic heterocycles. The second-order valence-corrected chi connectivity index (χ2v) is 9.63. The molecule has 0 aliphatic rings. The van der Waals surface area contributed by atoms with Crippen LogP contribution < -0.4 is 10.1 Å². The Balaban J connectivity index is 1.58. The molecule has 2 N–H and O–H groups in total. The number of carbonyl (C=O) groups excluding carboxylic acids is 2. The highest BCUT2D eigenvalue weighted by molar-refractivity contribution is 6.06. The molecule has 0 heterocycles. The van der Waals surface area contributed by atoms with Gasteiger partial charge in [0.15, 0.2) is 0 Å². The van der Waals surface area contributed by atoms with Gasteiger partial charge in [-0.25, -0.2) is 4.39 Å². The Morgan fingerprint density at radius 3 is 2.10 bits per heavy atom. The van der Waals surface area contributed by atoms with E-state index in [2.05, 4.69) is 5.32 Å². The average Bonchev–Trinajstić information content (AvgIpc) is 3.01. The van der Waals surface area contributed by atoms with Crippen molar-refractivity contribution in [2.75, 3.05) is 19.7 Å². The Morgan fingerprint density at radius 1 is 0.810 bits per heavy atom. The second kappa shape index (κ2) is 14.6. The quantitative estimate of drug-likeness (QED) is 0.207. The number of benzene rings is 4. The number of nitrogens with one attached hydrogen (secondary N) is 1. The maximum absolute atomic E-state index is 14.1. The number of rotatable bonds is 13. The summed E-state index contributed by atoms with van der Waals surface area (Å²) in [6.45, 7) is 2.82. The molecule has 0 unspecified atom stereocenters. The molecule has 0 atom stereocenters. The van der Waals surface area contributed by atoms with Crippen molar-refractivity contribution >= 4 is 17.8 Å². The third-order valence-electron chi connectivity index (χ3n) is 6.80. The Bertz CT molecular complexity index is 1540. The van der Waals surface area contributed by atoms with Gasteiger partial charge in [-0.1, -0.05) is 66.7 Å². The summed E-state index contributed by atoms with van der Waals surface area (Å²) < 4.78 is 19.6. The van der Waals surface area contributed by atoms with Gasteiger partial charge >= 0.3 is 5.97 Å². The molecule has 8 heteroatoms. The van der Waals surface area contributed by atoms with E-state index >= 15 is 0 Å². The fourth-order valence-electron chi connectivity index (χ4n) is 4.63. The largest absolute Gasteiger partial charge is 0.494 e. The average molecular weight is 569 g/mol. The van der Waals surface area contributed by atoms with E-state index < -0.39 is 17.7 Å². The highest BCUT2D eigenvalue weighted by Gasteiger charge is 2.22. The summed E-state index contributed by atoms with van der Waals surface area (Å²) in [5.41, 5.74) is 3.11. The van der Waals surface area contributed by atoms with Crippen molar-refractivity contribution in [3.63, 3.8) is 0 Å². The van der Waals surface area contributed by atoms with E-state index in [1.807, 2.05) is 31.2 Å². The molecule has 0 spiro atoms. The predicted octanol–water partition coefficient (Wildman–Crippen LogP) is 5.98. The number of carbonyl (C=O) groups is 3. The second-order valence-electron chi connectivity index (χ2n) is 9.63. The van der Waals surface area contributed by atoms with Crippen molar-refractivity contribution < 1.29 is 28.6 Å². The van der Waals surface area contributed by atoms with Crippen LogP contribution in [-0.4, -0.2) is 47.5 Å². The van der Waals surface area contributed by atoms with Crippen molar-refractivity contribution in [3.8, 4) is 16.9 Å². The SMILES string of the molecule is CCOc1ccc(CCN(CCC(=O)O)C(=O)c2ccccc2-c2ccccc2C(=O)NCc2ccccc2F)cc1. The normalized spacial score (nSPS) is 10.6. The first-order valence-electron chi connectivity index (χ1n) is 13.8. The molecule has 0 bridgehead atoms. The van der Waals surface area contributed by atoms with E-state index in [4.69, 9.17) is 4.74 Å². The highest BCUT2D eigenvalue weighted by Crippen LogP contribution is 2.29. The van der Waals surface area contributed by atoms with Crippen LogP contribution in [0.2, 0.25) is 0 Å². The number of halogens is 1. The predicted molar refractivity (Wildman–Crippen MR) is 159 cm³/mol. The number of amides is 2. The van der Waals surface area contributed by atoms with Gasteiger partial charge < -0.3 is 20.1 Å². The molecule has 4 rings (SSSR count). The Hall–Kier alpha value is -4.98. The molecule has 4 aromatic carbocycles. The maximum Gasteiger partial charge on any atom is 0.305 e. The lowest BCUT2D eigenvalue weighted by molar-refractivity contribution is -0.137. The van der Waals surface area contributed by atoms with E-state index in [1.165, 1.54) is 11.0 Å². The minimum atomic E-state index is -1.00. The number of aliphatic carboxylic acids is 1. The van der Waals surface area contributed by atoms with Gasteiger partial charge in [-0.05, 0) is 60.4 Å². The summed E-state index contributed by atoms with van der Waals surface area (Å²) in [5.74, 6) is -1.40. The van der Waals surface area contributed by atoms with Gasteiger partial charge in [0.25, 0.3) is 11.8 Å². The van der Waals surface area contributed by atoms with E-state index in [0.29, 0.717) is 47.4 Å². The summed E-state index contributed by atoms with van der Waals surface area (Å²) in [5, 5.41) is 12.1. The van der Waals surface area contributed by atoms with Crippen LogP contribution in [0.3, 0.4) is 0 Å². The molecule has 0 aromatic heterocycles. The molecule has 4 aromatic rings. The monoisotopic (exact) mass is 568 g/mol.